The van der Waals surface area contributed by atoms with Crippen molar-refractivity contribution in [1.29, 1.82) is 0 Å². The second kappa shape index (κ2) is 8.19. The van der Waals surface area contributed by atoms with Crippen LogP contribution in [0.2, 0.25) is 0 Å². The van der Waals surface area contributed by atoms with E-state index in [0.717, 1.165) is 29.0 Å². The molecule has 2 unspecified atom stereocenters. The summed E-state index contributed by atoms with van der Waals surface area (Å²) in [5.41, 5.74) is 9.09. The van der Waals surface area contributed by atoms with Gasteiger partial charge in [0, 0.05) is 12.2 Å². The summed E-state index contributed by atoms with van der Waals surface area (Å²) >= 11 is 0. The predicted octanol–water partition coefficient (Wildman–Crippen LogP) is 3.65. The molecule has 0 aromatic heterocycles. The number of methoxy groups -OCH3 is 1. The number of para-hydroxylation sites is 1. The number of carbonyl (C=O) groups excluding carboxylic acids is 1. The third-order valence-electron chi connectivity index (χ3n) is 4.30. The molecule has 1 aliphatic heterocycles. The summed E-state index contributed by atoms with van der Waals surface area (Å²) in [5, 5.41) is 0. The van der Waals surface area contributed by atoms with E-state index in [9.17, 15) is 4.79 Å². The number of halogens is 1. The van der Waals surface area contributed by atoms with Crippen molar-refractivity contribution in [3.8, 4) is 5.75 Å². The third kappa shape index (κ3) is 3.86. The Balaban J connectivity index is 0.00000225. The number of rotatable bonds is 5. The van der Waals surface area contributed by atoms with Gasteiger partial charge in [-0.3, -0.25) is 9.69 Å². The molecule has 0 saturated carbocycles. The number of allylic oxidation sites excluding steroid dienone is 1. The number of nitrogens with zero attached hydrogens (tertiary/aromatic N) is 1. The number of amides is 1. The zero-order chi connectivity index (χ0) is 17.1. The fourth-order valence-electron chi connectivity index (χ4n) is 3.13. The molecule has 0 aliphatic carbocycles. The number of nitrogens with two attached hydrogens (primary N) is 1. The van der Waals surface area contributed by atoms with E-state index in [-0.39, 0.29) is 30.3 Å². The minimum Gasteiger partial charge on any atom is -0.497 e. The lowest BCUT2D eigenvalue weighted by Gasteiger charge is -2.15. The van der Waals surface area contributed by atoms with Crippen molar-refractivity contribution in [1.82, 2.24) is 0 Å². The van der Waals surface area contributed by atoms with Gasteiger partial charge in [0.25, 0.3) is 0 Å². The molecule has 2 atom stereocenters. The van der Waals surface area contributed by atoms with Crippen LogP contribution in [0.25, 0.3) is 0 Å². The lowest BCUT2D eigenvalue weighted by Crippen LogP contribution is -2.33. The number of anilines is 1. The molecule has 1 aliphatic rings. The number of fused-ring (bicyclic) bond motifs is 1. The van der Waals surface area contributed by atoms with Gasteiger partial charge in [-0.1, -0.05) is 36.4 Å². The highest BCUT2D eigenvalue weighted by atomic mass is 35.5. The fraction of sp³-hybridized carbons (Fsp3) is 0.250. The molecule has 2 aromatic rings. The SMILES string of the molecule is COc1cccc(C/C=C/N2C(=O)C(C(C)N)c3ccccc32)c1.Cl. The van der Waals surface area contributed by atoms with E-state index < -0.39 is 0 Å². The molecule has 4 nitrogen and oxygen atoms in total. The Bertz CT molecular complexity index is 774. The van der Waals surface area contributed by atoms with E-state index in [1.807, 2.05) is 67.7 Å². The topological polar surface area (TPSA) is 55.6 Å². The summed E-state index contributed by atoms with van der Waals surface area (Å²) in [6.07, 6.45) is 4.57. The molecular weight excluding hydrogens is 336 g/mol. The third-order valence-corrected chi connectivity index (χ3v) is 4.30. The van der Waals surface area contributed by atoms with Gasteiger partial charge in [-0.15, -0.1) is 12.4 Å². The van der Waals surface area contributed by atoms with Gasteiger partial charge in [-0.2, -0.15) is 0 Å². The Labute approximate surface area is 154 Å². The zero-order valence-electron chi connectivity index (χ0n) is 14.4. The maximum Gasteiger partial charge on any atom is 0.240 e. The number of benzene rings is 2. The van der Waals surface area contributed by atoms with Gasteiger partial charge >= 0.3 is 0 Å². The van der Waals surface area contributed by atoms with Crippen molar-refractivity contribution in [2.24, 2.45) is 5.73 Å². The van der Waals surface area contributed by atoms with E-state index in [0.29, 0.717) is 0 Å². The summed E-state index contributed by atoms with van der Waals surface area (Å²) in [5.74, 6) is 0.594. The highest BCUT2D eigenvalue weighted by Gasteiger charge is 2.37. The molecule has 1 heterocycles. The van der Waals surface area contributed by atoms with E-state index >= 15 is 0 Å². The molecule has 0 radical (unpaired) electrons. The van der Waals surface area contributed by atoms with Crippen LogP contribution in [0, 0.1) is 0 Å². The van der Waals surface area contributed by atoms with Gasteiger partial charge in [-0.25, -0.2) is 0 Å². The lowest BCUT2D eigenvalue weighted by molar-refractivity contribution is -0.119. The molecule has 0 spiro atoms. The normalized spacial score (nSPS) is 17.3. The molecule has 5 heteroatoms. The van der Waals surface area contributed by atoms with Crippen molar-refractivity contribution in [2.75, 3.05) is 12.0 Å². The lowest BCUT2D eigenvalue weighted by atomic mass is 9.95. The Kier molecular flexibility index (Phi) is 6.23. The first kappa shape index (κ1) is 19.0. The number of ether oxygens (including phenoxy) is 1. The van der Waals surface area contributed by atoms with Crippen LogP contribution in [0.15, 0.2) is 60.8 Å². The van der Waals surface area contributed by atoms with Gasteiger partial charge in [0.1, 0.15) is 5.75 Å². The Morgan fingerprint density at radius 2 is 2.00 bits per heavy atom. The monoisotopic (exact) mass is 358 g/mol. The summed E-state index contributed by atoms with van der Waals surface area (Å²) < 4.78 is 5.24. The van der Waals surface area contributed by atoms with Crippen molar-refractivity contribution in [2.45, 2.75) is 25.3 Å². The van der Waals surface area contributed by atoms with Crippen LogP contribution in [0.3, 0.4) is 0 Å². The number of hydrogen-bond acceptors (Lipinski definition) is 3. The summed E-state index contributed by atoms with van der Waals surface area (Å²) in [6, 6.07) is 15.5. The smallest absolute Gasteiger partial charge is 0.240 e. The van der Waals surface area contributed by atoms with Crippen molar-refractivity contribution in [3.63, 3.8) is 0 Å². The van der Waals surface area contributed by atoms with E-state index in [2.05, 4.69) is 0 Å². The van der Waals surface area contributed by atoms with Crippen LogP contribution in [-0.2, 0) is 11.2 Å². The fourth-order valence-corrected chi connectivity index (χ4v) is 3.13. The molecule has 1 amide bonds. The highest BCUT2D eigenvalue weighted by molar-refractivity contribution is 6.06. The van der Waals surface area contributed by atoms with Gasteiger partial charge in [0.05, 0.1) is 18.7 Å². The van der Waals surface area contributed by atoms with Gasteiger partial charge in [0.2, 0.25) is 5.91 Å². The van der Waals surface area contributed by atoms with Crippen LogP contribution in [0.1, 0.15) is 24.0 Å². The maximum absolute atomic E-state index is 12.7. The first-order valence-electron chi connectivity index (χ1n) is 8.09. The maximum atomic E-state index is 12.7. The molecule has 0 saturated heterocycles. The average Bonchev–Trinajstić information content (AvgIpc) is 2.87. The molecule has 3 rings (SSSR count). The molecule has 0 bridgehead atoms. The first-order chi connectivity index (χ1) is 11.6. The second-order valence-corrected chi connectivity index (χ2v) is 6.04. The van der Waals surface area contributed by atoms with E-state index in [1.165, 1.54) is 0 Å². The molecule has 0 fully saturated rings. The molecule has 25 heavy (non-hydrogen) atoms. The quantitative estimate of drug-likeness (QED) is 0.887. The second-order valence-electron chi connectivity index (χ2n) is 6.04. The minimum absolute atomic E-state index is 0. The van der Waals surface area contributed by atoms with Crippen LogP contribution >= 0.6 is 12.4 Å². The van der Waals surface area contributed by atoms with E-state index in [4.69, 9.17) is 10.5 Å². The predicted molar refractivity (Wildman–Crippen MR) is 103 cm³/mol. The summed E-state index contributed by atoms with van der Waals surface area (Å²) in [4.78, 5) is 14.4. The highest BCUT2D eigenvalue weighted by Crippen LogP contribution is 2.38. The standard InChI is InChI=1S/C20H22N2O2.ClH/c1-14(21)19-17-10-3-4-11-18(17)22(20(19)23)12-6-8-15-7-5-9-16(13-15)24-2;/h3-7,9-14,19H,8,21H2,1-2H3;1H/b12-6+;. The van der Waals surface area contributed by atoms with Crippen LogP contribution in [0.5, 0.6) is 5.75 Å². The van der Waals surface area contributed by atoms with Crippen LogP contribution in [-0.4, -0.2) is 19.1 Å². The van der Waals surface area contributed by atoms with Crippen molar-refractivity contribution in [3.05, 3.63) is 71.9 Å². The summed E-state index contributed by atoms with van der Waals surface area (Å²) in [7, 11) is 1.66. The van der Waals surface area contributed by atoms with Crippen molar-refractivity contribution < 1.29 is 9.53 Å². The average molecular weight is 359 g/mol. The van der Waals surface area contributed by atoms with Gasteiger partial charge in [0.15, 0.2) is 0 Å². The molecule has 2 aromatic carbocycles. The molecule has 132 valence electrons. The zero-order valence-corrected chi connectivity index (χ0v) is 15.2. The Morgan fingerprint density at radius 1 is 1.24 bits per heavy atom. The summed E-state index contributed by atoms with van der Waals surface area (Å²) in [6.45, 7) is 1.88. The van der Waals surface area contributed by atoms with Gasteiger partial charge in [-0.05, 0) is 42.7 Å². The number of carbonyl (C=O) groups is 1. The largest absolute Gasteiger partial charge is 0.497 e. The Hall–Kier alpha value is -2.30. The van der Waals surface area contributed by atoms with E-state index in [1.54, 1.807) is 12.0 Å². The van der Waals surface area contributed by atoms with Crippen molar-refractivity contribution >= 4 is 24.0 Å². The number of hydrogen-bond donors (Lipinski definition) is 1. The molecule has 2 N–H and O–H groups in total. The van der Waals surface area contributed by atoms with Crippen LogP contribution < -0.4 is 15.4 Å². The molecular formula is C20H23ClN2O2. The Morgan fingerprint density at radius 3 is 2.72 bits per heavy atom. The first-order valence-corrected chi connectivity index (χ1v) is 8.09. The van der Waals surface area contributed by atoms with Crippen LogP contribution in [0.4, 0.5) is 5.69 Å². The minimum atomic E-state index is -0.275. The van der Waals surface area contributed by atoms with Gasteiger partial charge < -0.3 is 10.5 Å².